The van der Waals surface area contributed by atoms with E-state index in [-0.39, 0.29) is 22.8 Å². The lowest BCUT2D eigenvalue weighted by atomic mass is 10.1. The van der Waals surface area contributed by atoms with Crippen molar-refractivity contribution in [2.75, 3.05) is 5.32 Å². The average molecular weight is 349 g/mol. The fourth-order valence-electron chi connectivity index (χ4n) is 2.79. The van der Waals surface area contributed by atoms with Crippen molar-refractivity contribution in [2.24, 2.45) is 0 Å². The first kappa shape index (κ1) is 15.5. The summed E-state index contributed by atoms with van der Waals surface area (Å²) in [5.41, 5.74) is 0.440. The number of anilines is 1. The summed E-state index contributed by atoms with van der Waals surface area (Å²) >= 11 is 0. The number of para-hydroxylation sites is 3. The van der Waals surface area contributed by atoms with E-state index < -0.39 is 16.4 Å². The topological polar surface area (TPSA) is 122 Å². The number of hydrogen-bond acceptors (Lipinski definition) is 5. The molecule has 128 valence electrons. The minimum Gasteiger partial charge on any atom is -0.307 e. The lowest BCUT2D eigenvalue weighted by Gasteiger charge is -2.08. The van der Waals surface area contributed by atoms with E-state index in [1.54, 1.807) is 28.7 Å². The molecule has 9 heteroatoms. The molecule has 0 unspecified atom stereocenters. The molecule has 26 heavy (non-hydrogen) atoms. The summed E-state index contributed by atoms with van der Waals surface area (Å²) in [6, 6.07) is 14.0. The molecule has 0 saturated carbocycles. The molecule has 2 aromatic carbocycles. The van der Waals surface area contributed by atoms with Crippen LogP contribution in [-0.2, 0) is 0 Å². The van der Waals surface area contributed by atoms with Gasteiger partial charge in [0, 0.05) is 12.1 Å². The van der Waals surface area contributed by atoms with Crippen molar-refractivity contribution in [1.29, 1.82) is 0 Å². The molecular formula is C17H11N5O4. The smallest absolute Gasteiger partial charge is 0.282 e. The monoisotopic (exact) mass is 349 g/mol. The van der Waals surface area contributed by atoms with E-state index in [0.717, 1.165) is 0 Å². The number of nitro benzene ring substituents is 1. The summed E-state index contributed by atoms with van der Waals surface area (Å²) in [6.07, 6.45) is 0. The van der Waals surface area contributed by atoms with Crippen LogP contribution >= 0.6 is 0 Å². The molecule has 0 fully saturated rings. The number of H-pyrrole nitrogens is 1. The van der Waals surface area contributed by atoms with Crippen LogP contribution in [0.1, 0.15) is 10.4 Å². The van der Waals surface area contributed by atoms with Crippen molar-refractivity contribution >= 4 is 34.2 Å². The summed E-state index contributed by atoms with van der Waals surface area (Å²) in [6.45, 7) is 0. The molecule has 0 aliphatic heterocycles. The lowest BCUT2D eigenvalue weighted by Crippen LogP contribution is -2.19. The van der Waals surface area contributed by atoms with Crippen molar-refractivity contribution in [3.63, 3.8) is 0 Å². The van der Waals surface area contributed by atoms with Crippen molar-refractivity contribution in [1.82, 2.24) is 14.4 Å². The SMILES string of the molecule is O=C(Nc1cc(=O)[nH]c2nc3ccccc3n12)c1ccccc1[N+](=O)[O-]. The number of rotatable bonds is 3. The average Bonchev–Trinajstić information content (AvgIpc) is 2.99. The van der Waals surface area contributed by atoms with E-state index in [1.165, 1.54) is 30.3 Å². The van der Waals surface area contributed by atoms with Crippen LogP contribution < -0.4 is 10.9 Å². The second kappa shape index (κ2) is 5.81. The van der Waals surface area contributed by atoms with Crippen LogP contribution in [0.3, 0.4) is 0 Å². The van der Waals surface area contributed by atoms with E-state index in [1.807, 2.05) is 0 Å². The summed E-state index contributed by atoms with van der Waals surface area (Å²) in [5.74, 6) is -0.265. The highest BCUT2D eigenvalue weighted by molar-refractivity contribution is 6.07. The molecule has 0 aliphatic rings. The van der Waals surface area contributed by atoms with Crippen LogP contribution in [0.2, 0.25) is 0 Å². The van der Waals surface area contributed by atoms with E-state index in [4.69, 9.17) is 0 Å². The van der Waals surface area contributed by atoms with Crippen LogP contribution in [0, 0.1) is 10.1 Å². The molecule has 0 aliphatic carbocycles. The second-order valence-corrected chi connectivity index (χ2v) is 5.51. The fraction of sp³-hybridized carbons (Fsp3) is 0. The van der Waals surface area contributed by atoms with Gasteiger partial charge in [-0.15, -0.1) is 0 Å². The molecule has 9 nitrogen and oxygen atoms in total. The maximum Gasteiger partial charge on any atom is 0.282 e. The molecule has 0 radical (unpaired) electrons. The number of hydrogen-bond donors (Lipinski definition) is 2. The van der Waals surface area contributed by atoms with Crippen LogP contribution in [0.25, 0.3) is 16.8 Å². The number of nitrogens with zero attached hydrogens (tertiary/aromatic N) is 3. The number of carbonyl (C=O) groups is 1. The number of nitro groups is 1. The van der Waals surface area contributed by atoms with Gasteiger partial charge in [-0.05, 0) is 18.2 Å². The number of nitrogens with one attached hydrogen (secondary N) is 2. The van der Waals surface area contributed by atoms with Gasteiger partial charge in [0.05, 0.1) is 16.0 Å². The molecule has 0 atom stereocenters. The highest BCUT2D eigenvalue weighted by Crippen LogP contribution is 2.22. The van der Waals surface area contributed by atoms with Gasteiger partial charge in [-0.2, -0.15) is 0 Å². The Balaban J connectivity index is 1.86. The molecule has 2 heterocycles. The van der Waals surface area contributed by atoms with Gasteiger partial charge in [0.15, 0.2) is 0 Å². The third kappa shape index (κ3) is 2.47. The number of aromatic amines is 1. The Kier molecular flexibility index (Phi) is 3.47. The van der Waals surface area contributed by atoms with E-state index >= 15 is 0 Å². The fourth-order valence-corrected chi connectivity index (χ4v) is 2.79. The number of imidazole rings is 1. The standard InChI is InChI=1S/C17H11N5O4/c23-15-9-14(19-16(24)10-5-1-3-7-12(10)22(25)26)21-13-8-4-2-6-11(13)18-17(21)20-15/h1-9H,(H,19,24)(H,18,20,23). The Morgan fingerprint density at radius 2 is 1.88 bits per heavy atom. The Hall–Kier alpha value is -4.01. The predicted molar refractivity (Wildman–Crippen MR) is 94.4 cm³/mol. The zero-order valence-corrected chi connectivity index (χ0v) is 13.2. The number of fused-ring (bicyclic) bond motifs is 3. The molecule has 4 aromatic rings. The maximum absolute atomic E-state index is 12.6. The number of carbonyl (C=O) groups excluding carboxylic acids is 1. The van der Waals surface area contributed by atoms with E-state index in [2.05, 4.69) is 15.3 Å². The molecular weight excluding hydrogens is 338 g/mol. The molecule has 1 amide bonds. The van der Waals surface area contributed by atoms with Crippen molar-refractivity contribution in [2.45, 2.75) is 0 Å². The van der Waals surface area contributed by atoms with Crippen molar-refractivity contribution < 1.29 is 9.72 Å². The maximum atomic E-state index is 12.6. The molecule has 2 aromatic heterocycles. The van der Waals surface area contributed by atoms with E-state index in [0.29, 0.717) is 11.0 Å². The molecule has 0 bridgehead atoms. The summed E-state index contributed by atoms with van der Waals surface area (Å²) in [4.78, 5) is 41.9. The number of benzene rings is 2. The minimum atomic E-state index is -0.693. The highest BCUT2D eigenvalue weighted by Gasteiger charge is 2.20. The first-order chi connectivity index (χ1) is 12.5. The first-order valence-corrected chi connectivity index (χ1v) is 7.60. The van der Waals surface area contributed by atoms with Crippen LogP contribution in [0.15, 0.2) is 59.4 Å². The highest BCUT2D eigenvalue weighted by atomic mass is 16.6. The number of aromatic nitrogens is 3. The summed E-state index contributed by atoms with van der Waals surface area (Å²) in [7, 11) is 0. The van der Waals surface area contributed by atoms with Crippen LogP contribution in [-0.4, -0.2) is 25.2 Å². The van der Waals surface area contributed by atoms with Gasteiger partial charge in [0.1, 0.15) is 11.4 Å². The largest absolute Gasteiger partial charge is 0.307 e. The Bertz CT molecular complexity index is 1240. The normalized spacial score (nSPS) is 10.9. The zero-order chi connectivity index (χ0) is 18.3. The van der Waals surface area contributed by atoms with Gasteiger partial charge in [0.2, 0.25) is 5.78 Å². The quantitative estimate of drug-likeness (QED) is 0.434. The van der Waals surface area contributed by atoms with Crippen molar-refractivity contribution in [3.8, 4) is 0 Å². The Morgan fingerprint density at radius 3 is 2.69 bits per heavy atom. The molecule has 4 rings (SSSR count). The Labute approximate surface area is 145 Å². The zero-order valence-electron chi connectivity index (χ0n) is 13.2. The number of amides is 1. The van der Waals surface area contributed by atoms with Crippen molar-refractivity contribution in [3.05, 3.63) is 80.6 Å². The summed E-state index contributed by atoms with van der Waals surface area (Å²) < 4.78 is 1.57. The van der Waals surface area contributed by atoms with Gasteiger partial charge in [-0.25, -0.2) is 4.98 Å². The Morgan fingerprint density at radius 1 is 1.15 bits per heavy atom. The van der Waals surface area contributed by atoms with Gasteiger partial charge in [0.25, 0.3) is 17.2 Å². The second-order valence-electron chi connectivity index (χ2n) is 5.51. The lowest BCUT2D eigenvalue weighted by molar-refractivity contribution is -0.385. The van der Waals surface area contributed by atoms with Crippen LogP contribution in [0.5, 0.6) is 0 Å². The first-order valence-electron chi connectivity index (χ1n) is 7.60. The molecule has 0 saturated heterocycles. The minimum absolute atomic E-state index is 0.102. The third-order valence-electron chi connectivity index (χ3n) is 3.89. The van der Waals surface area contributed by atoms with Gasteiger partial charge >= 0.3 is 0 Å². The third-order valence-corrected chi connectivity index (χ3v) is 3.89. The van der Waals surface area contributed by atoms with Gasteiger partial charge < -0.3 is 5.32 Å². The molecule has 0 spiro atoms. The predicted octanol–water partition coefficient (Wildman–Crippen LogP) is 2.34. The van der Waals surface area contributed by atoms with E-state index in [9.17, 15) is 19.7 Å². The molecule has 2 N–H and O–H groups in total. The van der Waals surface area contributed by atoms with Gasteiger partial charge in [-0.1, -0.05) is 24.3 Å². The van der Waals surface area contributed by atoms with Crippen LogP contribution in [0.4, 0.5) is 11.5 Å². The summed E-state index contributed by atoms with van der Waals surface area (Å²) in [5, 5.41) is 13.7. The van der Waals surface area contributed by atoms with Gasteiger partial charge in [-0.3, -0.25) is 29.1 Å².